The van der Waals surface area contributed by atoms with Crippen LogP contribution in [0.3, 0.4) is 0 Å². The van der Waals surface area contributed by atoms with E-state index in [4.69, 9.17) is 34.8 Å². The number of benzene rings is 1. The van der Waals surface area contributed by atoms with Crippen LogP contribution in [0.1, 0.15) is 25.3 Å². The first-order valence-corrected chi connectivity index (χ1v) is 11.4. The number of thioether (sulfide) groups is 2. The van der Waals surface area contributed by atoms with E-state index in [1.54, 1.807) is 12.1 Å². The predicted octanol–water partition coefficient (Wildman–Crippen LogP) is 6.68. The second-order valence-electron chi connectivity index (χ2n) is 6.54. The molecule has 7 heteroatoms. The molecule has 0 N–H and O–H groups in total. The molecule has 0 saturated carbocycles. The molecule has 1 fully saturated rings. The Morgan fingerprint density at radius 1 is 1.16 bits per heavy atom. The van der Waals surface area contributed by atoms with Crippen molar-refractivity contribution in [2.75, 3.05) is 11.5 Å². The molecule has 2 heterocycles. The van der Waals surface area contributed by atoms with Gasteiger partial charge in [-0.05, 0) is 54.4 Å². The standard InChI is InChI=1S/C18H21Cl3N2S2/c1-13-10-24-18(25-11-13,4-6-23-7-5-22-12-23)3-2-15-16(20)8-14(19)9-17(15)21/h5,7-9,12-13H,2-4,6,10-11H2,1H3. The van der Waals surface area contributed by atoms with Crippen LogP contribution in [0.4, 0.5) is 0 Å². The normalized spacial score (nSPS) is 23.8. The summed E-state index contributed by atoms with van der Waals surface area (Å²) < 4.78 is 2.35. The Morgan fingerprint density at radius 3 is 2.44 bits per heavy atom. The molecule has 0 aliphatic carbocycles. The topological polar surface area (TPSA) is 17.8 Å². The highest BCUT2D eigenvalue weighted by molar-refractivity contribution is 8.18. The third-order valence-electron chi connectivity index (χ3n) is 4.43. The number of aromatic nitrogens is 2. The Morgan fingerprint density at radius 2 is 1.84 bits per heavy atom. The molecule has 1 aromatic carbocycles. The molecule has 0 unspecified atom stereocenters. The van der Waals surface area contributed by atoms with Gasteiger partial charge in [-0.2, -0.15) is 0 Å². The lowest BCUT2D eigenvalue weighted by Crippen LogP contribution is -2.30. The average molecular weight is 436 g/mol. The molecule has 2 nitrogen and oxygen atoms in total. The minimum absolute atomic E-state index is 0.197. The maximum atomic E-state index is 6.38. The fraction of sp³-hybridized carbons (Fsp3) is 0.500. The predicted molar refractivity (Wildman–Crippen MR) is 113 cm³/mol. The van der Waals surface area contributed by atoms with Crippen LogP contribution in [0, 0.1) is 5.92 Å². The van der Waals surface area contributed by atoms with Crippen molar-refractivity contribution in [2.45, 2.75) is 36.8 Å². The molecule has 1 aliphatic rings. The minimum atomic E-state index is 0.197. The van der Waals surface area contributed by atoms with Gasteiger partial charge in [-0.1, -0.05) is 41.7 Å². The molecule has 136 valence electrons. The lowest BCUT2D eigenvalue weighted by atomic mass is 10.1. The Balaban J connectivity index is 1.71. The monoisotopic (exact) mass is 434 g/mol. The smallest absolute Gasteiger partial charge is 0.0945 e. The van der Waals surface area contributed by atoms with Crippen LogP contribution in [0.15, 0.2) is 30.9 Å². The van der Waals surface area contributed by atoms with E-state index < -0.39 is 0 Å². The summed E-state index contributed by atoms with van der Waals surface area (Å²) in [5.41, 5.74) is 1.01. The van der Waals surface area contributed by atoms with Crippen molar-refractivity contribution >= 4 is 58.3 Å². The fourth-order valence-electron chi connectivity index (χ4n) is 2.94. The van der Waals surface area contributed by atoms with Crippen LogP contribution in [0.2, 0.25) is 15.1 Å². The SMILES string of the molecule is CC1CSC(CCc2c(Cl)cc(Cl)cc2Cl)(CCn2ccnc2)SC1. The van der Waals surface area contributed by atoms with Crippen LogP contribution in [0.5, 0.6) is 0 Å². The summed E-state index contributed by atoms with van der Waals surface area (Å²) in [6.07, 6.45) is 8.78. The molecule has 0 bridgehead atoms. The number of halogens is 3. The van der Waals surface area contributed by atoms with E-state index in [1.165, 1.54) is 11.5 Å². The molecule has 3 rings (SSSR count). The van der Waals surface area contributed by atoms with Gasteiger partial charge in [0.05, 0.1) is 10.4 Å². The van der Waals surface area contributed by atoms with Gasteiger partial charge in [-0.15, -0.1) is 23.5 Å². The van der Waals surface area contributed by atoms with Crippen molar-refractivity contribution in [1.29, 1.82) is 0 Å². The van der Waals surface area contributed by atoms with Crippen molar-refractivity contribution < 1.29 is 0 Å². The molecular formula is C18H21Cl3N2S2. The summed E-state index contributed by atoms with van der Waals surface area (Å²) in [6.45, 7) is 3.31. The maximum absolute atomic E-state index is 6.38. The number of imidazole rings is 1. The number of nitrogens with zero attached hydrogens (tertiary/aromatic N) is 2. The van der Waals surface area contributed by atoms with E-state index in [0.29, 0.717) is 15.1 Å². The summed E-state index contributed by atoms with van der Waals surface area (Å²) in [5, 5.41) is 1.92. The van der Waals surface area contributed by atoms with Crippen molar-refractivity contribution in [2.24, 2.45) is 5.92 Å². The number of rotatable bonds is 6. The molecular weight excluding hydrogens is 415 g/mol. The van der Waals surface area contributed by atoms with Crippen molar-refractivity contribution in [3.63, 3.8) is 0 Å². The van der Waals surface area contributed by atoms with E-state index in [9.17, 15) is 0 Å². The van der Waals surface area contributed by atoms with Gasteiger partial charge in [0.2, 0.25) is 0 Å². The Bertz CT molecular complexity index is 675. The molecule has 0 radical (unpaired) electrons. The van der Waals surface area contributed by atoms with Crippen molar-refractivity contribution in [3.05, 3.63) is 51.5 Å². The van der Waals surface area contributed by atoms with Crippen LogP contribution in [-0.2, 0) is 13.0 Å². The first-order chi connectivity index (χ1) is 12.0. The van der Waals surface area contributed by atoms with Crippen LogP contribution in [-0.4, -0.2) is 25.1 Å². The first-order valence-electron chi connectivity index (χ1n) is 8.34. The number of hydrogen-bond acceptors (Lipinski definition) is 3. The van der Waals surface area contributed by atoms with Gasteiger partial charge in [0.1, 0.15) is 0 Å². The highest BCUT2D eigenvalue weighted by Crippen LogP contribution is 2.50. The summed E-state index contributed by atoms with van der Waals surface area (Å²) >= 11 is 23.0. The zero-order chi connectivity index (χ0) is 17.9. The van der Waals surface area contributed by atoms with Crippen LogP contribution >= 0.6 is 58.3 Å². The Hall–Kier alpha value is -0.000000000000000167. The molecule has 0 atom stereocenters. The van der Waals surface area contributed by atoms with Crippen molar-refractivity contribution in [1.82, 2.24) is 9.55 Å². The Labute approximate surface area is 173 Å². The highest BCUT2D eigenvalue weighted by Gasteiger charge is 2.35. The van der Waals surface area contributed by atoms with Gasteiger partial charge in [0, 0.05) is 34.0 Å². The summed E-state index contributed by atoms with van der Waals surface area (Å²) in [6, 6.07) is 3.57. The quantitative estimate of drug-likeness (QED) is 0.504. The number of aryl methyl sites for hydroxylation is 1. The molecule has 2 aromatic rings. The maximum Gasteiger partial charge on any atom is 0.0945 e. The van der Waals surface area contributed by atoms with Gasteiger partial charge < -0.3 is 4.57 Å². The third-order valence-corrected chi connectivity index (χ3v) is 9.37. The second kappa shape index (κ2) is 8.79. The van der Waals surface area contributed by atoms with E-state index >= 15 is 0 Å². The molecule has 1 aromatic heterocycles. The van der Waals surface area contributed by atoms with Gasteiger partial charge in [0.25, 0.3) is 0 Å². The third kappa shape index (κ3) is 5.26. The average Bonchev–Trinajstić information content (AvgIpc) is 3.08. The molecule has 25 heavy (non-hydrogen) atoms. The van der Waals surface area contributed by atoms with Gasteiger partial charge in [-0.3, -0.25) is 0 Å². The Kier molecular flexibility index (Phi) is 6.95. The van der Waals surface area contributed by atoms with E-state index in [2.05, 4.69) is 40.0 Å². The van der Waals surface area contributed by atoms with E-state index in [-0.39, 0.29) is 4.08 Å². The lowest BCUT2D eigenvalue weighted by molar-refractivity contribution is 0.563. The lowest BCUT2D eigenvalue weighted by Gasteiger charge is -2.39. The summed E-state index contributed by atoms with van der Waals surface area (Å²) in [5.74, 6) is 3.18. The molecule has 0 spiro atoms. The van der Waals surface area contributed by atoms with Gasteiger partial charge in [-0.25, -0.2) is 4.98 Å². The van der Waals surface area contributed by atoms with Gasteiger partial charge >= 0.3 is 0 Å². The van der Waals surface area contributed by atoms with Gasteiger partial charge in [0.15, 0.2) is 0 Å². The molecule has 0 amide bonds. The number of hydrogen-bond donors (Lipinski definition) is 0. The zero-order valence-corrected chi connectivity index (χ0v) is 18.0. The van der Waals surface area contributed by atoms with Crippen LogP contribution in [0.25, 0.3) is 0 Å². The van der Waals surface area contributed by atoms with Crippen LogP contribution < -0.4 is 0 Å². The van der Waals surface area contributed by atoms with E-state index in [1.807, 2.05) is 18.7 Å². The summed E-state index contributed by atoms with van der Waals surface area (Å²) in [7, 11) is 0. The van der Waals surface area contributed by atoms with Crippen molar-refractivity contribution in [3.8, 4) is 0 Å². The molecule has 1 aliphatic heterocycles. The zero-order valence-electron chi connectivity index (χ0n) is 14.1. The minimum Gasteiger partial charge on any atom is -0.337 e. The summed E-state index contributed by atoms with van der Waals surface area (Å²) in [4.78, 5) is 4.15. The molecule has 1 saturated heterocycles. The highest BCUT2D eigenvalue weighted by atomic mass is 35.5. The fourth-order valence-corrected chi connectivity index (χ4v) is 7.21. The second-order valence-corrected chi connectivity index (χ2v) is 10.9. The largest absolute Gasteiger partial charge is 0.337 e. The van der Waals surface area contributed by atoms with E-state index in [0.717, 1.165) is 37.3 Å². The first kappa shape index (κ1) is 19.8.